The molecule has 6 heteroatoms. The standard InChI is InChI=1S/C22H29N3O3/c1-27-20-9-2-3-10-21(20)28-16-12-22(26)25(17-18-7-4-5-14-24-18)19-8-6-13-23-15-11-19/h2-5,7,9-10,14,19,23H,6,8,11-13,15-17H2,1H3. The Bertz CT molecular complexity index is 731. The SMILES string of the molecule is COc1ccccc1OCCC(=O)N(Cc1ccccn1)C1CCCNCC1. The number of hydrogen-bond acceptors (Lipinski definition) is 5. The van der Waals surface area contributed by atoms with Crippen molar-refractivity contribution >= 4 is 5.91 Å². The van der Waals surface area contributed by atoms with Crippen LogP contribution in [0.15, 0.2) is 48.7 Å². The summed E-state index contributed by atoms with van der Waals surface area (Å²) in [5, 5.41) is 3.42. The molecule has 1 aromatic carbocycles. The van der Waals surface area contributed by atoms with Gasteiger partial charge in [0.1, 0.15) is 0 Å². The fraction of sp³-hybridized carbons (Fsp3) is 0.455. The molecule has 2 heterocycles. The zero-order chi connectivity index (χ0) is 19.6. The number of nitrogens with one attached hydrogen (secondary N) is 1. The molecule has 1 atom stereocenters. The largest absolute Gasteiger partial charge is 0.493 e. The van der Waals surface area contributed by atoms with Crippen molar-refractivity contribution in [2.45, 2.75) is 38.3 Å². The molecule has 0 bridgehead atoms. The average molecular weight is 383 g/mol. The van der Waals surface area contributed by atoms with Gasteiger partial charge in [-0.3, -0.25) is 9.78 Å². The van der Waals surface area contributed by atoms with Gasteiger partial charge < -0.3 is 19.7 Å². The van der Waals surface area contributed by atoms with Crippen LogP contribution in [0.1, 0.15) is 31.4 Å². The molecule has 3 rings (SSSR count). The molecule has 0 aliphatic carbocycles. The van der Waals surface area contributed by atoms with Crippen LogP contribution in [0.4, 0.5) is 0 Å². The lowest BCUT2D eigenvalue weighted by Gasteiger charge is -2.31. The number of pyridine rings is 1. The van der Waals surface area contributed by atoms with Gasteiger partial charge in [-0.05, 0) is 56.6 Å². The van der Waals surface area contributed by atoms with E-state index < -0.39 is 0 Å². The number of amides is 1. The van der Waals surface area contributed by atoms with E-state index in [1.54, 1.807) is 13.3 Å². The Kier molecular flexibility index (Phi) is 7.67. The van der Waals surface area contributed by atoms with E-state index in [1.807, 2.05) is 47.4 Å². The number of rotatable bonds is 8. The van der Waals surface area contributed by atoms with Crippen LogP contribution < -0.4 is 14.8 Å². The van der Waals surface area contributed by atoms with E-state index in [1.165, 1.54) is 0 Å². The molecule has 1 saturated heterocycles. The van der Waals surface area contributed by atoms with E-state index in [0.29, 0.717) is 31.1 Å². The van der Waals surface area contributed by atoms with Crippen molar-refractivity contribution in [2.24, 2.45) is 0 Å². The van der Waals surface area contributed by atoms with Crippen LogP contribution in [-0.2, 0) is 11.3 Å². The molecule has 6 nitrogen and oxygen atoms in total. The molecule has 1 fully saturated rings. The van der Waals surface area contributed by atoms with Gasteiger partial charge in [0.15, 0.2) is 11.5 Å². The summed E-state index contributed by atoms with van der Waals surface area (Å²) in [6.45, 7) is 2.81. The summed E-state index contributed by atoms with van der Waals surface area (Å²) in [7, 11) is 1.61. The van der Waals surface area contributed by atoms with Crippen molar-refractivity contribution in [3.8, 4) is 11.5 Å². The topological polar surface area (TPSA) is 63.7 Å². The van der Waals surface area contributed by atoms with Gasteiger partial charge in [-0.1, -0.05) is 18.2 Å². The quantitative estimate of drug-likeness (QED) is 0.759. The molecule has 1 aliphatic heterocycles. The maximum absolute atomic E-state index is 13.1. The number of carbonyl (C=O) groups is 1. The molecule has 150 valence electrons. The second kappa shape index (κ2) is 10.7. The van der Waals surface area contributed by atoms with Crippen LogP contribution >= 0.6 is 0 Å². The van der Waals surface area contributed by atoms with Crippen LogP contribution in [-0.4, -0.2) is 48.6 Å². The maximum Gasteiger partial charge on any atom is 0.226 e. The monoisotopic (exact) mass is 383 g/mol. The van der Waals surface area contributed by atoms with E-state index in [9.17, 15) is 4.79 Å². The van der Waals surface area contributed by atoms with Gasteiger partial charge in [0.05, 0.1) is 32.4 Å². The van der Waals surface area contributed by atoms with Gasteiger partial charge in [0, 0.05) is 12.2 Å². The van der Waals surface area contributed by atoms with Gasteiger partial charge >= 0.3 is 0 Å². The minimum Gasteiger partial charge on any atom is -0.493 e. The minimum atomic E-state index is 0.104. The number of hydrogen-bond donors (Lipinski definition) is 1. The fourth-order valence-electron chi connectivity index (χ4n) is 3.53. The number of aromatic nitrogens is 1. The Morgan fingerprint density at radius 2 is 1.96 bits per heavy atom. The van der Waals surface area contributed by atoms with Crippen molar-refractivity contribution in [3.05, 3.63) is 54.4 Å². The van der Waals surface area contributed by atoms with Crippen molar-refractivity contribution < 1.29 is 14.3 Å². The van der Waals surface area contributed by atoms with Crippen LogP contribution in [0.5, 0.6) is 11.5 Å². The van der Waals surface area contributed by atoms with Gasteiger partial charge in [0.25, 0.3) is 0 Å². The number of benzene rings is 1. The fourth-order valence-corrected chi connectivity index (χ4v) is 3.53. The predicted octanol–water partition coefficient (Wildman–Crippen LogP) is 3.03. The number of carbonyl (C=O) groups excluding carboxylic acids is 1. The Labute approximate surface area is 166 Å². The third-order valence-electron chi connectivity index (χ3n) is 5.01. The van der Waals surface area contributed by atoms with E-state index in [2.05, 4.69) is 10.3 Å². The molecule has 1 N–H and O–H groups in total. The Morgan fingerprint density at radius 1 is 1.14 bits per heavy atom. The number of para-hydroxylation sites is 2. The summed E-state index contributed by atoms with van der Waals surface area (Å²) in [6.07, 6.45) is 5.16. The van der Waals surface area contributed by atoms with Gasteiger partial charge in [0.2, 0.25) is 5.91 Å². The highest BCUT2D eigenvalue weighted by atomic mass is 16.5. The number of nitrogens with zero attached hydrogens (tertiary/aromatic N) is 2. The lowest BCUT2D eigenvalue weighted by molar-refractivity contribution is -0.135. The molecular formula is C22H29N3O3. The van der Waals surface area contributed by atoms with Crippen molar-refractivity contribution in [2.75, 3.05) is 26.8 Å². The second-order valence-electron chi connectivity index (χ2n) is 6.93. The number of ether oxygens (including phenoxy) is 2. The molecule has 1 unspecified atom stereocenters. The summed E-state index contributed by atoms with van der Waals surface area (Å²) < 4.78 is 11.1. The molecule has 1 aliphatic rings. The van der Waals surface area contributed by atoms with E-state index in [0.717, 1.165) is 38.0 Å². The van der Waals surface area contributed by atoms with E-state index in [4.69, 9.17) is 9.47 Å². The summed E-state index contributed by atoms with van der Waals surface area (Å²) in [5.74, 6) is 1.44. The molecule has 0 saturated carbocycles. The van der Waals surface area contributed by atoms with Gasteiger partial charge in [-0.2, -0.15) is 0 Å². The first-order chi connectivity index (χ1) is 13.8. The molecule has 1 aromatic heterocycles. The molecule has 0 radical (unpaired) electrons. The molecule has 28 heavy (non-hydrogen) atoms. The minimum absolute atomic E-state index is 0.104. The first-order valence-corrected chi connectivity index (χ1v) is 9.94. The smallest absolute Gasteiger partial charge is 0.226 e. The summed E-state index contributed by atoms with van der Waals surface area (Å²) in [5.41, 5.74) is 0.915. The molecule has 1 amide bonds. The van der Waals surface area contributed by atoms with Crippen molar-refractivity contribution in [3.63, 3.8) is 0 Å². The van der Waals surface area contributed by atoms with E-state index in [-0.39, 0.29) is 11.9 Å². The molecule has 0 spiro atoms. The Morgan fingerprint density at radius 3 is 2.75 bits per heavy atom. The van der Waals surface area contributed by atoms with Crippen LogP contribution in [0.2, 0.25) is 0 Å². The lowest BCUT2D eigenvalue weighted by Crippen LogP contribution is -2.41. The van der Waals surface area contributed by atoms with Crippen LogP contribution in [0.25, 0.3) is 0 Å². The van der Waals surface area contributed by atoms with Crippen molar-refractivity contribution in [1.82, 2.24) is 15.2 Å². The average Bonchev–Trinajstić information content (AvgIpc) is 3.02. The summed E-state index contributed by atoms with van der Waals surface area (Å²) in [6, 6.07) is 13.6. The maximum atomic E-state index is 13.1. The van der Waals surface area contributed by atoms with Crippen molar-refractivity contribution in [1.29, 1.82) is 0 Å². The highest BCUT2D eigenvalue weighted by Gasteiger charge is 2.25. The lowest BCUT2D eigenvalue weighted by atomic mass is 10.1. The first-order valence-electron chi connectivity index (χ1n) is 9.94. The summed E-state index contributed by atoms with van der Waals surface area (Å²) in [4.78, 5) is 19.5. The second-order valence-corrected chi connectivity index (χ2v) is 6.93. The van der Waals surface area contributed by atoms with Gasteiger partial charge in [-0.25, -0.2) is 0 Å². The zero-order valence-corrected chi connectivity index (χ0v) is 16.5. The third-order valence-corrected chi connectivity index (χ3v) is 5.01. The Balaban J connectivity index is 1.63. The van der Waals surface area contributed by atoms with Crippen LogP contribution in [0, 0.1) is 0 Å². The zero-order valence-electron chi connectivity index (χ0n) is 16.5. The Hall–Kier alpha value is -2.60. The predicted molar refractivity (Wildman–Crippen MR) is 108 cm³/mol. The first kappa shape index (κ1) is 20.1. The van der Waals surface area contributed by atoms with E-state index >= 15 is 0 Å². The molecular weight excluding hydrogens is 354 g/mol. The molecule has 2 aromatic rings. The normalized spacial score (nSPS) is 16.8. The van der Waals surface area contributed by atoms with Crippen LogP contribution in [0.3, 0.4) is 0 Å². The third kappa shape index (κ3) is 5.70. The highest BCUT2D eigenvalue weighted by molar-refractivity contribution is 5.76. The highest BCUT2D eigenvalue weighted by Crippen LogP contribution is 2.26. The summed E-state index contributed by atoms with van der Waals surface area (Å²) >= 11 is 0. The van der Waals surface area contributed by atoms with Gasteiger partial charge in [-0.15, -0.1) is 0 Å². The number of methoxy groups -OCH3 is 1.